The summed E-state index contributed by atoms with van der Waals surface area (Å²) < 4.78 is 12.9. The van der Waals surface area contributed by atoms with Gasteiger partial charge in [0, 0.05) is 25.5 Å². The van der Waals surface area contributed by atoms with Crippen molar-refractivity contribution in [3.63, 3.8) is 0 Å². The van der Waals surface area contributed by atoms with Gasteiger partial charge in [-0.15, -0.1) is 0 Å². The molecule has 0 bridgehead atoms. The number of nitrogens with one attached hydrogen (secondary N) is 2. The number of nitrogens with zero attached hydrogens (tertiary/aromatic N) is 2. The normalized spacial score (nSPS) is 14.3. The highest BCUT2D eigenvalue weighted by Gasteiger charge is 2.50. The number of carboxylic acid groups (broad SMARTS) is 1. The van der Waals surface area contributed by atoms with E-state index >= 15 is 0 Å². The summed E-state index contributed by atoms with van der Waals surface area (Å²) >= 11 is 0. The average Bonchev–Trinajstić information content (AvgIpc) is 3.47. The van der Waals surface area contributed by atoms with Crippen LogP contribution in [0.4, 0.5) is 4.39 Å². The molecule has 1 saturated carbocycles. The number of carbonyl (C=O) groups is 3. The fourth-order valence-corrected chi connectivity index (χ4v) is 2.49. The zero-order valence-corrected chi connectivity index (χ0v) is 14.2. The zero-order chi connectivity index (χ0) is 19.4. The molecule has 1 fully saturated rings. The minimum absolute atomic E-state index is 0.0334. The lowest BCUT2D eigenvalue weighted by Crippen LogP contribution is -2.36. The molecule has 9 heteroatoms. The molecule has 3 rings (SSSR count). The van der Waals surface area contributed by atoms with Crippen LogP contribution < -0.4 is 10.6 Å². The van der Waals surface area contributed by atoms with Crippen molar-refractivity contribution in [3.05, 3.63) is 59.4 Å². The molecule has 0 aliphatic heterocycles. The number of hydrogen-bond donors (Lipinski definition) is 3. The van der Waals surface area contributed by atoms with Crippen molar-refractivity contribution in [1.29, 1.82) is 0 Å². The summed E-state index contributed by atoms with van der Waals surface area (Å²) in [6.45, 7) is 0.0905. The Kier molecular flexibility index (Phi) is 5.11. The lowest BCUT2D eigenvalue weighted by molar-refractivity contribution is -0.143. The fourth-order valence-electron chi connectivity index (χ4n) is 2.49. The second kappa shape index (κ2) is 7.48. The molecule has 140 valence electrons. The number of rotatable bonds is 7. The monoisotopic (exact) mass is 372 g/mol. The summed E-state index contributed by atoms with van der Waals surface area (Å²) in [5.74, 6) is -2.62. The van der Waals surface area contributed by atoms with E-state index in [1.54, 1.807) is 0 Å². The van der Waals surface area contributed by atoms with Gasteiger partial charge >= 0.3 is 5.97 Å². The first-order chi connectivity index (χ1) is 12.9. The van der Waals surface area contributed by atoms with E-state index in [0.717, 1.165) is 0 Å². The van der Waals surface area contributed by atoms with Gasteiger partial charge in [-0.2, -0.15) is 0 Å². The van der Waals surface area contributed by atoms with Gasteiger partial charge in [0.05, 0.1) is 5.41 Å². The van der Waals surface area contributed by atoms with Crippen LogP contribution in [0.3, 0.4) is 0 Å². The highest BCUT2D eigenvalue weighted by molar-refractivity contribution is 6.04. The van der Waals surface area contributed by atoms with Crippen LogP contribution >= 0.6 is 0 Å². The molecule has 1 aromatic heterocycles. The van der Waals surface area contributed by atoms with Crippen molar-refractivity contribution >= 4 is 17.8 Å². The minimum Gasteiger partial charge on any atom is -0.481 e. The first-order valence-corrected chi connectivity index (χ1v) is 8.26. The van der Waals surface area contributed by atoms with Gasteiger partial charge in [-0.05, 0) is 30.5 Å². The molecular weight excluding hydrogens is 355 g/mol. The molecule has 2 aromatic rings. The van der Waals surface area contributed by atoms with Crippen LogP contribution in [0.2, 0.25) is 0 Å². The number of benzene rings is 1. The Morgan fingerprint density at radius 2 is 1.56 bits per heavy atom. The number of halogens is 1. The maximum atomic E-state index is 12.9. The van der Waals surface area contributed by atoms with Crippen molar-refractivity contribution in [3.8, 4) is 0 Å². The van der Waals surface area contributed by atoms with E-state index in [4.69, 9.17) is 5.11 Å². The molecule has 0 saturated heterocycles. The number of aliphatic carboxylic acids is 1. The van der Waals surface area contributed by atoms with E-state index < -0.39 is 23.2 Å². The van der Waals surface area contributed by atoms with E-state index in [9.17, 15) is 18.8 Å². The summed E-state index contributed by atoms with van der Waals surface area (Å²) in [4.78, 5) is 43.7. The van der Waals surface area contributed by atoms with Crippen molar-refractivity contribution < 1.29 is 23.9 Å². The Bertz CT molecular complexity index is 881. The quantitative estimate of drug-likeness (QED) is 0.670. The number of amides is 2. The summed E-state index contributed by atoms with van der Waals surface area (Å²) in [5, 5.41) is 14.3. The maximum Gasteiger partial charge on any atom is 0.311 e. The predicted molar refractivity (Wildman–Crippen MR) is 91.2 cm³/mol. The Morgan fingerprint density at radius 3 is 2.07 bits per heavy atom. The third kappa shape index (κ3) is 4.25. The average molecular weight is 372 g/mol. The second-order valence-corrected chi connectivity index (χ2v) is 6.33. The first-order valence-electron chi connectivity index (χ1n) is 8.26. The van der Waals surface area contributed by atoms with Gasteiger partial charge in [0.25, 0.3) is 11.8 Å². The summed E-state index contributed by atoms with van der Waals surface area (Å²) in [6.07, 6.45) is 3.54. The lowest BCUT2D eigenvalue weighted by Gasteiger charge is -2.12. The van der Waals surface area contributed by atoms with E-state index in [0.29, 0.717) is 18.4 Å². The van der Waals surface area contributed by atoms with Crippen molar-refractivity contribution in [1.82, 2.24) is 20.6 Å². The van der Waals surface area contributed by atoms with E-state index in [1.807, 2.05) is 0 Å². The lowest BCUT2D eigenvalue weighted by atomic mass is 10.1. The standard InChI is InChI=1S/C18H17FN4O4/c19-12-3-1-11(2-4-12)9-22-15(24)13-14(21-8-7-20-13)16(25)23-10-18(5-6-18)17(26)27/h1-4,7-8H,5-6,9-10H2,(H,22,24)(H,23,25)(H,26,27). The Hall–Kier alpha value is -3.36. The van der Waals surface area contributed by atoms with Crippen molar-refractivity contribution in [2.24, 2.45) is 5.41 Å². The molecule has 0 spiro atoms. The third-order valence-electron chi connectivity index (χ3n) is 4.39. The molecule has 8 nitrogen and oxygen atoms in total. The van der Waals surface area contributed by atoms with Crippen LogP contribution in [-0.4, -0.2) is 39.4 Å². The highest BCUT2D eigenvalue weighted by Crippen LogP contribution is 2.45. The molecule has 0 atom stereocenters. The fraction of sp³-hybridized carbons (Fsp3) is 0.278. The van der Waals surface area contributed by atoms with Gasteiger partial charge in [0.2, 0.25) is 0 Å². The minimum atomic E-state index is -0.959. The molecule has 2 amide bonds. The number of hydrogen-bond acceptors (Lipinski definition) is 5. The molecule has 0 unspecified atom stereocenters. The van der Waals surface area contributed by atoms with Crippen LogP contribution in [-0.2, 0) is 11.3 Å². The van der Waals surface area contributed by atoms with Crippen molar-refractivity contribution in [2.75, 3.05) is 6.54 Å². The van der Waals surface area contributed by atoms with Gasteiger partial charge in [-0.1, -0.05) is 12.1 Å². The largest absolute Gasteiger partial charge is 0.481 e. The van der Waals surface area contributed by atoms with Gasteiger partial charge < -0.3 is 15.7 Å². The topological polar surface area (TPSA) is 121 Å². The van der Waals surface area contributed by atoms with Gasteiger partial charge in [-0.3, -0.25) is 14.4 Å². The van der Waals surface area contributed by atoms with Gasteiger partial charge in [0.15, 0.2) is 11.4 Å². The SMILES string of the molecule is O=C(NCc1ccc(F)cc1)c1nccnc1C(=O)NCC1(C(=O)O)CC1. The Morgan fingerprint density at radius 1 is 1.00 bits per heavy atom. The summed E-state index contributed by atoms with van der Waals surface area (Å²) in [5.41, 5.74) is -0.604. The van der Waals surface area contributed by atoms with E-state index in [-0.39, 0.29) is 30.3 Å². The van der Waals surface area contributed by atoms with Gasteiger partial charge in [0.1, 0.15) is 5.82 Å². The van der Waals surface area contributed by atoms with Crippen LogP contribution in [0.25, 0.3) is 0 Å². The molecule has 0 radical (unpaired) electrons. The molecule has 1 aliphatic carbocycles. The molecule has 27 heavy (non-hydrogen) atoms. The number of carboxylic acids is 1. The zero-order valence-electron chi connectivity index (χ0n) is 14.2. The van der Waals surface area contributed by atoms with Crippen LogP contribution in [0, 0.1) is 11.2 Å². The van der Waals surface area contributed by atoms with Crippen molar-refractivity contribution in [2.45, 2.75) is 19.4 Å². The molecule has 1 aliphatic rings. The van der Waals surface area contributed by atoms with Gasteiger partial charge in [-0.25, -0.2) is 14.4 Å². The molecule has 3 N–H and O–H groups in total. The van der Waals surface area contributed by atoms with E-state index in [1.165, 1.54) is 36.7 Å². The first kappa shape index (κ1) is 18.4. The van der Waals surface area contributed by atoms with Crippen LogP contribution in [0.1, 0.15) is 39.4 Å². The second-order valence-electron chi connectivity index (χ2n) is 6.33. The Labute approximate surface area is 153 Å². The highest BCUT2D eigenvalue weighted by atomic mass is 19.1. The molecule has 1 heterocycles. The molecule has 1 aromatic carbocycles. The predicted octanol–water partition coefficient (Wildman–Crippen LogP) is 1.14. The van der Waals surface area contributed by atoms with E-state index in [2.05, 4.69) is 20.6 Å². The summed E-state index contributed by atoms with van der Waals surface area (Å²) in [7, 11) is 0. The van der Waals surface area contributed by atoms with Crippen LogP contribution in [0.15, 0.2) is 36.7 Å². The maximum absolute atomic E-state index is 12.9. The number of aromatic nitrogens is 2. The smallest absolute Gasteiger partial charge is 0.311 e. The summed E-state index contributed by atoms with van der Waals surface area (Å²) in [6, 6.07) is 5.61. The third-order valence-corrected chi connectivity index (χ3v) is 4.39. The van der Waals surface area contributed by atoms with Crippen LogP contribution in [0.5, 0.6) is 0 Å². The number of carbonyl (C=O) groups excluding carboxylic acids is 2. The molecular formula is C18H17FN4O4. The Balaban J connectivity index is 1.65.